The molecule has 1 aromatic carbocycles. The molecule has 0 amide bonds. The smallest absolute Gasteiger partial charge is 0.149 e. The first-order valence-corrected chi connectivity index (χ1v) is 4.21. The van der Waals surface area contributed by atoms with Crippen molar-refractivity contribution in [3.8, 4) is 0 Å². The lowest BCUT2D eigenvalue weighted by molar-refractivity contribution is 0.591. The Morgan fingerprint density at radius 1 is 1.36 bits per heavy atom. The fraction of sp³-hybridized carbons (Fsp3) is 0.200. The first-order chi connectivity index (χ1) is 6.65. The third-order valence-electron chi connectivity index (χ3n) is 1.73. The zero-order valence-electron chi connectivity index (χ0n) is 7.85. The van der Waals surface area contributed by atoms with E-state index >= 15 is 0 Å². The average molecular weight is 198 g/mol. The number of hydrogen-bond acceptors (Lipinski definition) is 2. The van der Waals surface area contributed by atoms with E-state index in [4.69, 9.17) is 5.73 Å². The normalized spacial score (nSPS) is 11.1. The summed E-state index contributed by atoms with van der Waals surface area (Å²) in [5, 5.41) is 2.88. The topological polar surface area (TPSA) is 38.0 Å². The van der Waals surface area contributed by atoms with E-state index in [9.17, 15) is 8.78 Å². The molecule has 0 bridgehead atoms. The first-order valence-electron chi connectivity index (χ1n) is 4.21. The molecule has 0 aliphatic rings. The number of nitrogens with two attached hydrogens (primary N) is 1. The van der Waals surface area contributed by atoms with Crippen LogP contribution in [0.2, 0.25) is 0 Å². The Morgan fingerprint density at radius 3 is 2.43 bits per heavy atom. The maximum Gasteiger partial charge on any atom is 0.149 e. The minimum atomic E-state index is -0.728. The number of anilines is 1. The van der Waals surface area contributed by atoms with Crippen LogP contribution in [0.25, 0.3) is 6.08 Å². The quantitative estimate of drug-likeness (QED) is 0.726. The number of rotatable bonds is 3. The summed E-state index contributed by atoms with van der Waals surface area (Å²) in [6.07, 6.45) is 3.40. The highest BCUT2D eigenvalue weighted by atomic mass is 19.1. The Morgan fingerprint density at radius 2 is 1.93 bits per heavy atom. The van der Waals surface area contributed by atoms with Crippen molar-refractivity contribution < 1.29 is 8.78 Å². The minimum absolute atomic E-state index is 0.434. The van der Waals surface area contributed by atoms with E-state index in [2.05, 4.69) is 5.32 Å². The Labute approximate surface area is 81.4 Å². The molecule has 0 fully saturated rings. The van der Waals surface area contributed by atoms with Crippen LogP contribution in [0.15, 0.2) is 18.2 Å². The van der Waals surface area contributed by atoms with Gasteiger partial charge in [-0.3, -0.25) is 0 Å². The molecule has 0 aromatic heterocycles. The molecule has 0 saturated heterocycles. The van der Waals surface area contributed by atoms with Gasteiger partial charge in [0.25, 0.3) is 0 Å². The van der Waals surface area contributed by atoms with E-state index in [1.54, 1.807) is 19.2 Å². The molecule has 4 heteroatoms. The Kier molecular flexibility index (Phi) is 3.59. The molecule has 0 heterocycles. The van der Waals surface area contributed by atoms with Gasteiger partial charge in [0.1, 0.15) is 17.3 Å². The Bertz CT molecular complexity index is 325. The van der Waals surface area contributed by atoms with E-state index in [0.29, 0.717) is 12.1 Å². The van der Waals surface area contributed by atoms with Gasteiger partial charge in [0.15, 0.2) is 0 Å². The van der Waals surface area contributed by atoms with Crippen molar-refractivity contribution >= 4 is 11.8 Å². The molecule has 2 nitrogen and oxygen atoms in total. The van der Waals surface area contributed by atoms with Gasteiger partial charge in [0.05, 0.1) is 0 Å². The van der Waals surface area contributed by atoms with Crippen LogP contribution in [0.4, 0.5) is 14.5 Å². The van der Waals surface area contributed by atoms with Gasteiger partial charge in [-0.1, -0.05) is 12.2 Å². The molecule has 0 spiro atoms. The summed E-state index contributed by atoms with van der Waals surface area (Å²) in [5.41, 5.74) is 5.15. The van der Waals surface area contributed by atoms with Gasteiger partial charge in [-0.2, -0.15) is 0 Å². The van der Waals surface area contributed by atoms with Crippen LogP contribution >= 0.6 is 0 Å². The second-order valence-corrected chi connectivity index (χ2v) is 2.86. The van der Waals surface area contributed by atoms with Gasteiger partial charge in [0.2, 0.25) is 0 Å². The van der Waals surface area contributed by atoms with Crippen LogP contribution < -0.4 is 11.1 Å². The maximum atomic E-state index is 12.9. The van der Waals surface area contributed by atoms with E-state index in [0.717, 1.165) is 0 Å². The third-order valence-corrected chi connectivity index (χ3v) is 1.73. The van der Waals surface area contributed by atoms with Crippen LogP contribution in [-0.4, -0.2) is 13.6 Å². The zero-order valence-corrected chi connectivity index (χ0v) is 7.85. The second kappa shape index (κ2) is 4.72. The van der Waals surface area contributed by atoms with Crippen molar-refractivity contribution in [1.82, 2.24) is 5.32 Å². The molecule has 3 N–H and O–H groups in total. The predicted octanol–water partition coefficient (Wildman–Crippen LogP) is 1.78. The fourth-order valence-corrected chi connectivity index (χ4v) is 1.01. The molecule has 0 aliphatic carbocycles. The lowest BCUT2D eigenvalue weighted by Gasteiger charge is -2.00. The van der Waals surface area contributed by atoms with E-state index in [1.165, 1.54) is 12.1 Å². The molecule has 76 valence electrons. The summed E-state index contributed by atoms with van der Waals surface area (Å²) in [7, 11) is 1.79. The lowest BCUT2D eigenvalue weighted by Crippen LogP contribution is -2.03. The summed E-state index contributed by atoms with van der Waals surface area (Å²) < 4.78 is 25.9. The number of hydrogen-bond donors (Lipinski definition) is 2. The highest BCUT2D eigenvalue weighted by Crippen LogP contribution is 2.17. The van der Waals surface area contributed by atoms with Crippen LogP contribution in [0.1, 0.15) is 5.56 Å². The maximum absolute atomic E-state index is 12.9. The van der Waals surface area contributed by atoms with Gasteiger partial charge in [0, 0.05) is 6.54 Å². The molecule has 1 aromatic rings. The highest BCUT2D eigenvalue weighted by molar-refractivity contribution is 5.55. The van der Waals surface area contributed by atoms with Crippen LogP contribution in [0.3, 0.4) is 0 Å². The Hall–Kier alpha value is -1.42. The van der Waals surface area contributed by atoms with Gasteiger partial charge in [-0.25, -0.2) is 8.78 Å². The summed E-state index contributed by atoms with van der Waals surface area (Å²) in [6.45, 7) is 0.646. The van der Waals surface area contributed by atoms with Crippen molar-refractivity contribution in [2.45, 2.75) is 0 Å². The lowest BCUT2D eigenvalue weighted by atomic mass is 10.1. The average Bonchev–Trinajstić information content (AvgIpc) is 2.14. The van der Waals surface area contributed by atoms with E-state index in [-0.39, 0.29) is 0 Å². The molecule has 1 rings (SSSR count). The van der Waals surface area contributed by atoms with Crippen molar-refractivity contribution in [2.24, 2.45) is 0 Å². The van der Waals surface area contributed by atoms with Gasteiger partial charge in [-0.05, 0) is 24.7 Å². The van der Waals surface area contributed by atoms with Crippen molar-refractivity contribution in [1.29, 1.82) is 0 Å². The van der Waals surface area contributed by atoms with Crippen LogP contribution in [-0.2, 0) is 0 Å². The molecule has 0 saturated carbocycles. The summed E-state index contributed by atoms with van der Waals surface area (Å²) >= 11 is 0. The molecule has 0 unspecified atom stereocenters. The first kappa shape index (κ1) is 10.7. The summed E-state index contributed by atoms with van der Waals surface area (Å²) in [6, 6.07) is 2.40. The van der Waals surface area contributed by atoms with E-state index in [1.807, 2.05) is 0 Å². The number of halogens is 2. The Balaban J connectivity index is 2.89. The van der Waals surface area contributed by atoms with Crippen molar-refractivity contribution in [3.63, 3.8) is 0 Å². The molecule has 0 radical (unpaired) electrons. The number of likely N-dealkylation sites (N-methyl/N-ethyl adjacent to an activating group) is 1. The fourth-order valence-electron chi connectivity index (χ4n) is 1.01. The van der Waals surface area contributed by atoms with Crippen molar-refractivity contribution in [2.75, 3.05) is 19.3 Å². The van der Waals surface area contributed by atoms with Crippen LogP contribution in [0, 0.1) is 11.6 Å². The standard InChI is InChI=1S/C10H12F2N2/c1-14-4-2-3-7-5-8(11)10(13)9(12)6-7/h2-3,5-6,14H,4,13H2,1H3. The predicted molar refractivity (Wildman–Crippen MR) is 53.7 cm³/mol. The second-order valence-electron chi connectivity index (χ2n) is 2.86. The van der Waals surface area contributed by atoms with Crippen molar-refractivity contribution in [3.05, 3.63) is 35.4 Å². The number of nitrogen functional groups attached to an aromatic ring is 1. The zero-order chi connectivity index (χ0) is 10.6. The highest BCUT2D eigenvalue weighted by Gasteiger charge is 2.05. The van der Waals surface area contributed by atoms with Gasteiger partial charge in [-0.15, -0.1) is 0 Å². The summed E-state index contributed by atoms with van der Waals surface area (Å²) in [4.78, 5) is 0. The third kappa shape index (κ3) is 2.53. The molecular weight excluding hydrogens is 186 g/mol. The SMILES string of the molecule is CNCC=Cc1cc(F)c(N)c(F)c1. The van der Waals surface area contributed by atoms with E-state index < -0.39 is 17.3 Å². The summed E-state index contributed by atoms with van der Waals surface area (Å²) in [5.74, 6) is -1.46. The molecule has 0 atom stereocenters. The monoisotopic (exact) mass is 198 g/mol. The minimum Gasteiger partial charge on any atom is -0.394 e. The number of benzene rings is 1. The van der Waals surface area contributed by atoms with Gasteiger partial charge < -0.3 is 11.1 Å². The molecule has 0 aliphatic heterocycles. The molecule has 14 heavy (non-hydrogen) atoms. The van der Waals surface area contributed by atoms with Crippen LogP contribution in [0.5, 0.6) is 0 Å². The number of nitrogens with one attached hydrogen (secondary N) is 1. The largest absolute Gasteiger partial charge is 0.394 e. The molecular formula is C10H12F2N2. The van der Waals surface area contributed by atoms with Gasteiger partial charge >= 0.3 is 0 Å².